The Bertz CT molecular complexity index is 638. The van der Waals surface area contributed by atoms with Crippen LogP contribution in [0.3, 0.4) is 0 Å². The van der Waals surface area contributed by atoms with E-state index in [0.29, 0.717) is 13.0 Å². The van der Waals surface area contributed by atoms with Crippen LogP contribution in [0.4, 0.5) is 4.79 Å². The molecule has 7 nitrogen and oxygen atoms in total. The van der Waals surface area contributed by atoms with Gasteiger partial charge in [-0.05, 0) is 31.0 Å². The number of rotatable bonds is 6. The van der Waals surface area contributed by atoms with Gasteiger partial charge in [-0.15, -0.1) is 0 Å². The van der Waals surface area contributed by atoms with Crippen molar-refractivity contribution < 1.29 is 9.59 Å². The minimum Gasteiger partial charge on any atom is -0.354 e. The average molecular weight is 301 g/mol. The highest BCUT2D eigenvalue weighted by Crippen LogP contribution is 2.07. The second-order valence-corrected chi connectivity index (χ2v) is 4.90. The first-order valence-corrected chi connectivity index (χ1v) is 6.99. The highest BCUT2D eigenvalue weighted by atomic mass is 16.2. The first kappa shape index (κ1) is 15.6. The molecule has 1 aromatic carbocycles. The van der Waals surface area contributed by atoms with E-state index in [-0.39, 0.29) is 5.91 Å². The van der Waals surface area contributed by atoms with Crippen LogP contribution in [-0.2, 0) is 11.2 Å². The topological polar surface area (TPSA) is 102 Å². The van der Waals surface area contributed by atoms with E-state index < -0.39 is 12.1 Å². The molecule has 1 heterocycles. The lowest BCUT2D eigenvalue weighted by Crippen LogP contribution is -2.47. The normalized spacial score (nSPS) is 11.7. The molecule has 1 unspecified atom stereocenters. The maximum Gasteiger partial charge on any atom is 0.312 e. The summed E-state index contributed by atoms with van der Waals surface area (Å²) in [5.41, 5.74) is 6.96. The molecule has 0 radical (unpaired) electrons. The van der Waals surface area contributed by atoms with Crippen LogP contribution < -0.4 is 16.4 Å². The third kappa shape index (κ3) is 4.34. The summed E-state index contributed by atoms with van der Waals surface area (Å²) in [5, 5.41) is 9.36. The lowest BCUT2D eigenvalue weighted by atomic mass is 10.2. The van der Waals surface area contributed by atoms with Gasteiger partial charge in [-0.3, -0.25) is 4.79 Å². The molecule has 0 saturated carbocycles. The third-order valence-electron chi connectivity index (χ3n) is 3.12. The van der Waals surface area contributed by atoms with Crippen LogP contribution in [-0.4, -0.2) is 34.3 Å². The van der Waals surface area contributed by atoms with E-state index in [0.717, 1.165) is 11.3 Å². The Labute approximate surface area is 128 Å². The molecule has 3 amide bonds. The van der Waals surface area contributed by atoms with Gasteiger partial charge in [-0.1, -0.05) is 18.2 Å². The molecule has 7 heteroatoms. The average Bonchev–Trinajstić information content (AvgIpc) is 2.96. The maximum absolute atomic E-state index is 11.7. The number of nitrogens with two attached hydrogens (primary N) is 1. The van der Waals surface area contributed by atoms with Crippen molar-refractivity contribution >= 4 is 11.9 Å². The standard InChI is InChI=1S/C15H19N5O2/c1-11(19-15(16)22)14(21)17-8-7-12-9-18-20(10-12)13-5-3-2-4-6-13/h2-6,9-11H,7-8H2,1H3,(H,17,21)(H3,16,19,22). The lowest BCUT2D eigenvalue weighted by molar-refractivity contribution is -0.122. The SMILES string of the molecule is CC(NC(N)=O)C(=O)NCCc1cnn(-c2ccccc2)c1. The second-order valence-electron chi connectivity index (χ2n) is 4.90. The Morgan fingerprint density at radius 1 is 1.32 bits per heavy atom. The van der Waals surface area contributed by atoms with E-state index in [1.54, 1.807) is 17.8 Å². The molecule has 2 rings (SSSR count). The fourth-order valence-corrected chi connectivity index (χ4v) is 1.97. The summed E-state index contributed by atoms with van der Waals surface area (Å²) < 4.78 is 1.79. The van der Waals surface area contributed by atoms with Crippen molar-refractivity contribution in [3.8, 4) is 5.69 Å². The molecule has 0 bridgehead atoms. The number of amides is 3. The van der Waals surface area contributed by atoms with Crippen molar-refractivity contribution in [2.45, 2.75) is 19.4 Å². The number of carbonyl (C=O) groups is 2. The first-order chi connectivity index (χ1) is 10.6. The van der Waals surface area contributed by atoms with Crippen molar-refractivity contribution in [3.05, 3.63) is 48.3 Å². The van der Waals surface area contributed by atoms with Gasteiger partial charge in [0.05, 0.1) is 11.9 Å². The Kier molecular flexibility index (Phi) is 5.13. The Morgan fingerprint density at radius 3 is 2.73 bits per heavy atom. The lowest BCUT2D eigenvalue weighted by Gasteiger charge is -2.11. The molecular formula is C15H19N5O2. The molecule has 0 aliphatic rings. The fraction of sp³-hybridized carbons (Fsp3) is 0.267. The maximum atomic E-state index is 11.7. The van der Waals surface area contributed by atoms with Crippen LogP contribution in [0.2, 0.25) is 0 Å². The molecule has 0 saturated heterocycles. The zero-order valence-electron chi connectivity index (χ0n) is 12.3. The molecular weight excluding hydrogens is 282 g/mol. The molecule has 2 aromatic rings. The van der Waals surface area contributed by atoms with Gasteiger partial charge in [0.1, 0.15) is 6.04 Å². The van der Waals surface area contributed by atoms with Crippen LogP contribution >= 0.6 is 0 Å². The molecule has 1 aromatic heterocycles. The van der Waals surface area contributed by atoms with E-state index in [4.69, 9.17) is 5.73 Å². The van der Waals surface area contributed by atoms with Crippen LogP contribution in [0.15, 0.2) is 42.7 Å². The van der Waals surface area contributed by atoms with E-state index in [1.807, 2.05) is 36.5 Å². The molecule has 0 spiro atoms. The van der Waals surface area contributed by atoms with Gasteiger partial charge < -0.3 is 16.4 Å². The number of hydrogen-bond acceptors (Lipinski definition) is 3. The predicted molar refractivity (Wildman–Crippen MR) is 82.5 cm³/mol. The molecule has 1 atom stereocenters. The zero-order chi connectivity index (χ0) is 15.9. The first-order valence-electron chi connectivity index (χ1n) is 6.99. The summed E-state index contributed by atoms with van der Waals surface area (Å²) >= 11 is 0. The highest BCUT2D eigenvalue weighted by Gasteiger charge is 2.13. The third-order valence-corrected chi connectivity index (χ3v) is 3.12. The largest absolute Gasteiger partial charge is 0.354 e. The smallest absolute Gasteiger partial charge is 0.312 e. The van der Waals surface area contributed by atoms with Crippen LogP contribution in [0.1, 0.15) is 12.5 Å². The summed E-state index contributed by atoms with van der Waals surface area (Å²) in [7, 11) is 0. The van der Waals surface area contributed by atoms with Gasteiger partial charge in [0.25, 0.3) is 0 Å². The van der Waals surface area contributed by atoms with Crippen molar-refractivity contribution in [3.63, 3.8) is 0 Å². The van der Waals surface area contributed by atoms with Gasteiger partial charge >= 0.3 is 6.03 Å². The summed E-state index contributed by atoms with van der Waals surface area (Å²) in [4.78, 5) is 22.4. The Hall–Kier alpha value is -2.83. The fourth-order valence-electron chi connectivity index (χ4n) is 1.97. The van der Waals surface area contributed by atoms with Crippen molar-refractivity contribution in [1.29, 1.82) is 0 Å². The second kappa shape index (κ2) is 7.26. The van der Waals surface area contributed by atoms with Crippen molar-refractivity contribution in [2.24, 2.45) is 5.73 Å². The Morgan fingerprint density at radius 2 is 2.05 bits per heavy atom. The van der Waals surface area contributed by atoms with Gasteiger partial charge in [-0.25, -0.2) is 9.48 Å². The number of para-hydroxylation sites is 1. The monoisotopic (exact) mass is 301 g/mol. The van der Waals surface area contributed by atoms with Crippen LogP contribution in [0.25, 0.3) is 5.69 Å². The van der Waals surface area contributed by atoms with Gasteiger partial charge in [-0.2, -0.15) is 5.10 Å². The number of primary amides is 1. The van der Waals surface area contributed by atoms with E-state index >= 15 is 0 Å². The van der Waals surface area contributed by atoms with E-state index in [1.165, 1.54) is 0 Å². The van der Waals surface area contributed by atoms with Gasteiger partial charge in [0.2, 0.25) is 5.91 Å². The number of urea groups is 1. The molecule has 4 N–H and O–H groups in total. The van der Waals surface area contributed by atoms with Crippen molar-refractivity contribution in [2.75, 3.05) is 6.54 Å². The molecule has 22 heavy (non-hydrogen) atoms. The number of nitrogens with one attached hydrogen (secondary N) is 2. The van der Waals surface area contributed by atoms with Crippen LogP contribution in [0, 0.1) is 0 Å². The number of carbonyl (C=O) groups excluding carboxylic acids is 2. The van der Waals surface area contributed by atoms with Gasteiger partial charge in [0.15, 0.2) is 0 Å². The summed E-state index contributed by atoms with van der Waals surface area (Å²) in [6.45, 7) is 2.04. The molecule has 116 valence electrons. The van der Waals surface area contributed by atoms with Crippen LogP contribution in [0.5, 0.6) is 0 Å². The predicted octanol–water partition coefficient (Wildman–Crippen LogP) is 0.588. The minimum atomic E-state index is -0.716. The number of aromatic nitrogens is 2. The van der Waals surface area contributed by atoms with Gasteiger partial charge in [0, 0.05) is 12.7 Å². The van der Waals surface area contributed by atoms with E-state index in [2.05, 4.69) is 15.7 Å². The molecule has 0 aliphatic carbocycles. The minimum absolute atomic E-state index is 0.269. The molecule has 0 aliphatic heterocycles. The highest BCUT2D eigenvalue weighted by molar-refractivity contribution is 5.86. The number of nitrogens with zero attached hydrogens (tertiary/aromatic N) is 2. The Balaban J connectivity index is 1.82. The molecule has 0 fully saturated rings. The van der Waals surface area contributed by atoms with Crippen molar-refractivity contribution in [1.82, 2.24) is 20.4 Å². The number of benzene rings is 1. The van der Waals surface area contributed by atoms with E-state index in [9.17, 15) is 9.59 Å². The number of hydrogen-bond donors (Lipinski definition) is 3. The summed E-state index contributed by atoms with van der Waals surface area (Å²) in [6, 6.07) is 8.42. The zero-order valence-corrected chi connectivity index (χ0v) is 12.3. The quantitative estimate of drug-likeness (QED) is 0.727. The summed E-state index contributed by atoms with van der Waals surface area (Å²) in [5.74, 6) is -0.269. The summed E-state index contributed by atoms with van der Waals surface area (Å²) in [6.07, 6.45) is 4.35.